The first-order valence-electron chi connectivity index (χ1n) is 6.61. The highest BCUT2D eigenvalue weighted by molar-refractivity contribution is 7.89. The van der Waals surface area contributed by atoms with Crippen molar-refractivity contribution in [1.82, 2.24) is 10.6 Å². The summed E-state index contributed by atoms with van der Waals surface area (Å²) in [6.07, 6.45) is 4.35. The average molecular weight is 297 g/mol. The molecule has 0 saturated heterocycles. The van der Waals surface area contributed by atoms with Gasteiger partial charge in [-0.15, -0.1) is 0 Å². The van der Waals surface area contributed by atoms with E-state index in [1.165, 1.54) is 12.1 Å². The van der Waals surface area contributed by atoms with Gasteiger partial charge in [0.1, 0.15) is 0 Å². The van der Waals surface area contributed by atoms with Crippen LogP contribution in [0.1, 0.15) is 31.2 Å². The number of carbonyl (C=O) groups is 1. The lowest BCUT2D eigenvalue weighted by Gasteiger charge is -2.13. The van der Waals surface area contributed by atoms with Crippen molar-refractivity contribution in [1.29, 1.82) is 0 Å². The fraction of sp³-hybridized carbons (Fsp3) is 0.462. The van der Waals surface area contributed by atoms with E-state index in [9.17, 15) is 13.2 Å². The number of hydrogen-bond acceptors (Lipinski definition) is 3. The van der Waals surface area contributed by atoms with Gasteiger partial charge in [-0.25, -0.2) is 18.4 Å². The number of benzene rings is 1. The SMILES string of the molecule is NS(=O)(=O)c1cccc(CNC(=O)NC2CCCC2)c1. The van der Waals surface area contributed by atoms with Gasteiger partial charge in [-0.1, -0.05) is 25.0 Å². The number of sulfonamides is 1. The van der Waals surface area contributed by atoms with Gasteiger partial charge in [0.15, 0.2) is 0 Å². The van der Waals surface area contributed by atoms with Crippen molar-refractivity contribution in [2.75, 3.05) is 0 Å². The van der Waals surface area contributed by atoms with Crippen molar-refractivity contribution in [3.05, 3.63) is 29.8 Å². The molecule has 20 heavy (non-hydrogen) atoms. The van der Waals surface area contributed by atoms with Crippen molar-refractivity contribution in [3.63, 3.8) is 0 Å². The van der Waals surface area contributed by atoms with Gasteiger partial charge in [0.2, 0.25) is 10.0 Å². The molecule has 0 aromatic heterocycles. The second-order valence-electron chi connectivity index (χ2n) is 5.00. The van der Waals surface area contributed by atoms with Crippen molar-refractivity contribution >= 4 is 16.1 Å². The van der Waals surface area contributed by atoms with Gasteiger partial charge in [-0.3, -0.25) is 0 Å². The third kappa shape index (κ3) is 4.21. The maximum absolute atomic E-state index is 11.7. The number of nitrogens with two attached hydrogens (primary N) is 1. The minimum absolute atomic E-state index is 0.0491. The molecule has 1 aliphatic carbocycles. The van der Waals surface area contributed by atoms with E-state index in [4.69, 9.17) is 5.14 Å². The van der Waals surface area contributed by atoms with Gasteiger partial charge in [-0.05, 0) is 30.5 Å². The van der Waals surface area contributed by atoms with Crippen molar-refractivity contribution < 1.29 is 13.2 Å². The lowest BCUT2D eigenvalue weighted by atomic mass is 10.2. The molecule has 1 aromatic rings. The van der Waals surface area contributed by atoms with Gasteiger partial charge < -0.3 is 10.6 Å². The molecular formula is C13H19N3O3S. The highest BCUT2D eigenvalue weighted by Gasteiger charge is 2.16. The van der Waals surface area contributed by atoms with Crippen LogP contribution in [0.25, 0.3) is 0 Å². The van der Waals surface area contributed by atoms with Gasteiger partial charge >= 0.3 is 6.03 Å². The van der Waals surface area contributed by atoms with Gasteiger partial charge in [0.05, 0.1) is 4.90 Å². The van der Waals surface area contributed by atoms with Crippen molar-refractivity contribution in [2.45, 2.75) is 43.2 Å². The molecule has 0 atom stereocenters. The first kappa shape index (κ1) is 14.8. The van der Waals surface area contributed by atoms with Crippen LogP contribution in [0.4, 0.5) is 4.79 Å². The standard InChI is InChI=1S/C13H19N3O3S/c14-20(18,19)12-7-3-4-10(8-12)9-15-13(17)16-11-5-1-2-6-11/h3-4,7-8,11H,1-2,5-6,9H2,(H2,14,18,19)(H2,15,16,17). The molecule has 7 heteroatoms. The predicted molar refractivity (Wildman–Crippen MR) is 75.4 cm³/mol. The number of nitrogens with one attached hydrogen (secondary N) is 2. The topological polar surface area (TPSA) is 101 Å². The monoisotopic (exact) mass is 297 g/mol. The highest BCUT2D eigenvalue weighted by Crippen LogP contribution is 2.17. The zero-order chi connectivity index (χ0) is 14.6. The molecule has 0 aliphatic heterocycles. The molecule has 0 unspecified atom stereocenters. The number of urea groups is 1. The second kappa shape index (κ2) is 6.23. The summed E-state index contributed by atoms with van der Waals surface area (Å²) in [5.41, 5.74) is 0.693. The molecule has 6 nitrogen and oxygen atoms in total. The molecule has 1 fully saturated rings. The van der Waals surface area contributed by atoms with Gasteiger partial charge in [-0.2, -0.15) is 0 Å². The zero-order valence-corrected chi connectivity index (χ0v) is 11.9. The maximum Gasteiger partial charge on any atom is 0.315 e. The summed E-state index contributed by atoms with van der Waals surface area (Å²) < 4.78 is 22.5. The Labute approximate surface area is 118 Å². The quantitative estimate of drug-likeness (QED) is 0.775. The molecule has 1 aliphatic rings. The van der Waals surface area contributed by atoms with Crippen LogP contribution in [0.3, 0.4) is 0 Å². The molecule has 1 aromatic carbocycles. The smallest absolute Gasteiger partial charge is 0.315 e. The van der Waals surface area contributed by atoms with Gasteiger partial charge in [0, 0.05) is 12.6 Å². The number of hydrogen-bond donors (Lipinski definition) is 3. The van der Waals surface area contributed by atoms with E-state index in [0.29, 0.717) is 5.56 Å². The molecule has 0 heterocycles. The molecule has 0 radical (unpaired) electrons. The van der Waals surface area contributed by atoms with Crippen LogP contribution in [0, 0.1) is 0 Å². The maximum atomic E-state index is 11.7. The summed E-state index contributed by atoms with van der Waals surface area (Å²) in [5, 5.41) is 10.7. The summed E-state index contributed by atoms with van der Waals surface area (Å²) in [6, 6.07) is 6.27. The first-order valence-corrected chi connectivity index (χ1v) is 8.16. The molecule has 0 bridgehead atoms. The summed E-state index contributed by atoms with van der Waals surface area (Å²) in [5.74, 6) is 0. The van der Waals surface area contributed by atoms with E-state index >= 15 is 0 Å². The largest absolute Gasteiger partial charge is 0.335 e. The van der Waals surface area contributed by atoms with E-state index in [-0.39, 0.29) is 23.5 Å². The van der Waals surface area contributed by atoms with Crippen LogP contribution in [0.5, 0.6) is 0 Å². The first-order chi connectivity index (χ1) is 9.45. The highest BCUT2D eigenvalue weighted by atomic mass is 32.2. The molecule has 1 saturated carbocycles. The molecule has 110 valence electrons. The van der Waals surface area contributed by atoms with E-state index < -0.39 is 10.0 Å². The summed E-state index contributed by atoms with van der Waals surface area (Å²) in [7, 11) is -3.71. The fourth-order valence-electron chi connectivity index (χ4n) is 2.32. The van der Waals surface area contributed by atoms with Crippen molar-refractivity contribution in [3.8, 4) is 0 Å². The van der Waals surface area contributed by atoms with Crippen LogP contribution in [0.2, 0.25) is 0 Å². The summed E-state index contributed by atoms with van der Waals surface area (Å²) in [4.78, 5) is 11.7. The van der Waals surface area contributed by atoms with Crippen LogP contribution in [-0.2, 0) is 16.6 Å². The van der Waals surface area contributed by atoms with Crippen LogP contribution >= 0.6 is 0 Å². The van der Waals surface area contributed by atoms with E-state index in [0.717, 1.165) is 25.7 Å². The normalized spacial score (nSPS) is 16.1. The Morgan fingerprint density at radius 2 is 2.00 bits per heavy atom. The Bertz CT molecular complexity index is 580. The minimum atomic E-state index is -3.71. The number of amides is 2. The average Bonchev–Trinajstić information content (AvgIpc) is 2.88. The van der Waals surface area contributed by atoms with Crippen LogP contribution < -0.4 is 15.8 Å². The molecule has 2 rings (SSSR count). The summed E-state index contributed by atoms with van der Waals surface area (Å²) >= 11 is 0. The molecule has 0 spiro atoms. The van der Waals surface area contributed by atoms with E-state index in [1.54, 1.807) is 12.1 Å². The van der Waals surface area contributed by atoms with Crippen LogP contribution in [0.15, 0.2) is 29.2 Å². The predicted octanol–water partition coefficient (Wildman–Crippen LogP) is 1.08. The Morgan fingerprint density at radius 1 is 1.30 bits per heavy atom. The van der Waals surface area contributed by atoms with Gasteiger partial charge in [0.25, 0.3) is 0 Å². The van der Waals surface area contributed by atoms with E-state index in [1.807, 2.05) is 0 Å². The third-order valence-corrected chi connectivity index (χ3v) is 4.28. The summed E-state index contributed by atoms with van der Waals surface area (Å²) in [6.45, 7) is 0.266. The Hall–Kier alpha value is -1.60. The fourth-order valence-corrected chi connectivity index (χ4v) is 2.91. The van der Waals surface area contributed by atoms with Crippen molar-refractivity contribution in [2.24, 2.45) is 5.14 Å². The number of carbonyl (C=O) groups excluding carboxylic acids is 1. The van der Waals surface area contributed by atoms with Crippen LogP contribution in [-0.4, -0.2) is 20.5 Å². The lowest BCUT2D eigenvalue weighted by Crippen LogP contribution is -2.40. The van der Waals surface area contributed by atoms with E-state index in [2.05, 4.69) is 10.6 Å². The molecule has 4 N–H and O–H groups in total. The zero-order valence-electron chi connectivity index (χ0n) is 11.1. The minimum Gasteiger partial charge on any atom is -0.335 e. The molecule has 2 amide bonds. The Balaban J connectivity index is 1.88. The number of primary sulfonamides is 1. The Kier molecular flexibility index (Phi) is 4.61. The third-order valence-electron chi connectivity index (χ3n) is 3.37. The second-order valence-corrected chi connectivity index (χ2v) is 6.56. The Morgan fingerprint density at radius 3 is 2.65 bits per heavy atom. The molecular weight excluding hydrogens is 278 g/mol. The number of rotatable bonds is 4. The lowest BCUT2D eigenvalue weighted by molar-refractivity contribution is 0.236.